The predicted octanol–water partition coefficient (Wildman–Crippen LogP) is 3.26. The van der Waals surface area contributed by atoms with Crippen molar-refractivity contribution in [3.63, 3.8) is 0 Å². The highest BCUT2D eigenvalue weighted by Crippen LogP contribution is 2.15. The molecule has 0 saturated heterocycles. The van der Waals surface area contributed by atoms with Crippen LogP contribution in [0.4, 0.5) is 4.39 Å². The minimum absolute atomic E-state index is 0.100. The zero-order valence-corrected chi connectivity index (χ0v) is 11.7. The molecule has 0 aliphatic rings. The third-order valence-electron chi connectivity index (χ3n) is 2.65. The molecule has 0 atom stereocenters. The van der Waals surface area contributed by atoms with Crippen LogP contribution in [-0.2, 0) is 11.2 Å². The summed E-state index contributed by atoms with van der Waals surface area (Å²) in [6, 6.07) is 6.42. The van der Waals surface area contributed by atoms with Gasteiger partial charge in [0.25, 0.3) is 0 Å². The van der Waals surface area contributed by atoms with Crippen molar-refractivity contribution in [1.82, 2.24) is 4.90 Å². The molecule has 0 aliphatic carbocycles. The number of halogens is 1. The van der Waals surface area contributed by atoms with Crippen LogP contribution in [0.25, 0.3) is 0 Å². The number of nitrogens with zero attached hydrogens (tertiary/aromatic N) is 1. The summed E-state index contributed by atoms with van der Waals surface area (Å²) in [4.78, 5) is 13.7. The van der Waals surface area contributed by atoms with Crippen molar-refractivity contribution >= 4 is 5.91 Å². The number of hydrogen-bond acceptors (Lipinski definition) is 1. The monoisotopic (exact) mass is 251 g/mol. The number of hydrogen-bond donors (Lipinski definition) is 0. The zero-order valence-electron chi connectivity index (χ0n) is 11.7. The first-order chi connectivity index (χ1) is 8.28. The van der Waals surface area contributed by atoms with Crippen molar-refractivity contribution in [3.05, 3.63) is 35.6 Å². The maximum Gasteiger partial charge on any atom is 0.222 e. The van der Waals surface area contributed by atoms with Gasteiger partial charge in [-0.3, -0.25) is 4.79 Å². The molecule has 1 aromatic rings. The van der Waals surface area contributed by atoms with E-state index in [0.29, 0.717) is 12.8 Å². The maximum atomic E-state index is 13.0. The van der Waals surface area contributed by atoms with Crippen molar-refractivity contribution < 1.29 is 9.18 Å². The Balaban J connectivity index is 2.46. The lowest BCUT2D eigenvalue weighted by Crippen LogP contribution is -2.34. The molecule has 100 valence electrons. The van der Waals surface area contributed by atoms with Gasteiger partial charge < -0.3 is 4.90 Å². The number of rotatable bonds is 4. The van der Waals surface area contributed by atoms with Crippen LogP contribution in [0.5, 0.6) is 0 Å². The Bertz CT molecular complexity index is 409. The van der Waals surface area contributed by atoms with E-state index in [0.717, 1.165) is 12.1 Å². The van der Waals surface area contributed by atoms with E-state index >= 15 is 0 Å². The number of carbonyl (C=O) groups excluding carboxylic acids is 1. The number of amides is 1. The van der Waals surface area contributed by atoms with Crippen LogP contribution in [0.1, 0.15) is 32.8 Å². The molecule has 2 nitrogen and oxygen atoms in total. The molecular weight excluding hydrogens is 229 g/mol. The van der Waals surface area contributed by atoms with Gasteiger partial charge in [0.05, 0.1) is 0 Å². The van der Waals surface area contributed by atoms with E-state index in [2.05, 4.69) is 20.8 Å². The fourth-order valence-electron chi connectivity index (χ4n) is 1.93. The summed E-state index contributed by atoms with van der Waals surface area (Å²) < 4.78 is 13.0. The van der Waals surface area contributed by atoms with Crippen molar-refractivity contribution in [2.75, 3.05) is 13.6 Å². The van der Waals surface area contributed by atoms with Gasteiger partial charge in [-0.25, -0.2) is 4.39 Å². The quantitative estimate of drug-likeness (QED) is 0.804. The van der Waals surface area contributed by atoms with Crippen molar-refractivity contribution in [2.24, 2.45) is 5.41 Å². The summed E-state index contributed by atoms with van der Waals surface area (Å²) in [5.74, 6) is -0.141. The van der Waals surface area contributed by atoms with E-state index in [-0.39, 0.29) is 17.1 Å². The van der Waals surface area contributed by atoms with Gasteiger partial charge in [-0.05, 0) is 29.5 Å². The molecule has 0 radical (unpaired) electrons. The molecule has 0 unspecified atom stereocenters. The fraction of sp³-hybridized carbons (Fsp3) is 0.533. The molecule has 3 heteroatoms. The molecule has 0 saturated carbocycles. The van der Waals surface area contributed by atoms with Crippen LogP contribution < -0.4 is 0 Å². The van der Waals surface area contributed by atoms with Gasteiger partial charge in [-0.15, -0.1) is 0 Å². The Hall–Kier alpha value is -1.38. The first-order valence-electron chi connectivity index (χ1n) is 6.26. The second-order valence-corrected chi connectivity index (χ2v) is 5.94. The first kappa shape index (κ1) is 14.7. The number of benzene rings is 1. The van der Waals surface area contributed by atoms with E-state index in [9.17, 15) is 9.18 Å². The zero-order chi connectivity index (χ0) is 13.8. The van der Waals surface area contributed by atoms with Gasteiger partial charge in [-0.1, -0.05) is 32.9 Å². The summed E-state index contributed by atoms with van der Waals surface area (Å²) in [6.07, 6.45) is 1.01. The third-order valence-corrected chi connectivity index (χ3v) is 2.65. The molecule has 1 rings (SSSR count). The van der Waals surface area contributed by atoms with Crippen LogP contribution in [0.2, 0.25) is 0 Å². The van der Waals surface area contributed by atoms with Gasteiger partial charge in [0.1, 0.15) is 5.82 Å². The Kier molecular flexibility index (Phi) is 4.88. The van der Waals surface area contributed by atoms with Gasteiger partial charge in [0.2, 0.25) is 5.91 Å². The second-order valence-electron chi connectivity index (χ2n) is 5.94. The molecule has 0 bridgehead atoms. The summed E-state index contributed by atoms with van der Waals surface area (Å²) in [7, 11) is 1.82. The predicted molar refractivity (Wildman–Crippen MR) is 71.8 cm³/mol. The molecule has 0 heterocycles. The molecular formula is C15H22FNO. The highest BCUT2D eigenvalue weighted by molar-refractivity contribution is 5.76. The average Bonchev–Trinajstić information content (AvgIpc) is 2.23. The molecule has 0 fully saturated rings. The van der Waals surface area contributed by atoms with E-state index in [4.69, 9.17) is 0 Å². The summed E-state index contributed by atoms with van der Waals surface area (Å²) in [6.45, 7) is 7.03. The van der Waals surface area contributed by atoms with E-state index < -0.39 is 0 Å². The van der Waals surface area contributed by atoms with Crippen LogP contribution in [0, 0.1) is 11.2 Å². The topological polar surface area (TPSA) is 20.3 Å². The minimum Gasteiger partial charge on any atom is -0.345 e. The van der Waals surface area contributed by atoms with Crippen LogP contribution in [0.15, 0.2) is 24.3 Å². The van der Waals surface area contributed by atoms with Crippen LogP contribution in [0.3, 0.4) is 0 Å². The summed E-state index contributed by atoms with van der Waals surface area (Å²) in [5.41, 5.74) is 0.969. The molecule has 0 aliphatic heterocycles. The number of carbonyl (C=O) groups is 1. The lowest BCUT2D eigenvalue weighted by molar-refractivity contribution is -0.131. The van der Waals surface area contributed by atoms with Crippen molar-refractivity contribution in [2.45, 2.75) is 33.6 Å². The van der Waals surface area contributed by atoms with E-state index in [1.54, 1.807) is 11.0 Å². The van der Waals surface area contributed by atoms with Gasteiger partial charge in [-0.2, -0.15) is 0 Å². The van der Waals surface area contributed by atoms with Crippen LogP contribution >= 0.6 is 0 Å². The maximum absolute atomic E-state index is 13.0. The Labute approximate surface area is 109 Å². The minimum atomic E-state index is -0.247. The highest BCUT2D eigenvalue weighted by Gasteiger charge is 2.17. The standard InChI is InChI=1S/C15H22FNO/c1-15(2,3)11-17(4)14(18)9-8-12-6-5-7-13(16)10-12/h5-7,10H,8-9,11H2,1-4H3. The first-order valence-corrected chi connectivity index (χ1v) is 6.26. The van der Waals surface area contributed by atoms with Gasteiger partial charge >= 0.3 is 0 Å². The summed E-state index contributed by atoms with van der Waals surface area (Å²) in [5, 5.41) is 0. The highest BCUT2D eigenvalue weighted by atomic mass is 19.1. The smallest absolute Gasteiger partial charge is 0.222 e. The van der Waals surface area contributed by atoms with Crippen molar-refractivity contribution in [1.29, 1.82) is 0 Å². The van der Waals surface area contributed by atoms with Gasteiger partial charge in [0.15, 0.2) is 0 Å². The Morgan fingerprint density at radius 3 is 2.56 bits per heavy atom. The molecule has 1 amide bonds. The lowest BCUT2D eigenvalue weighted by atomic mass is 9.96. The molecule has 0 aromatic heterocycles. The second kappa shape index (κ2) is 5.98. The normalized spacial score (nSPS) is 11.4. The fourth-order valence-corrected chi connectivity index (χ4v) is 1.93. The largest absolute Gasteiger partial charge is 0.345 e. The van der Waals surface area contributed by atoms with Gasteiger partial charge in [0, 0.05) is 20.0 Å². The molecule has 18 heavy (non-hydrogen) atoms. The van der Waals surface area contributed by atoms with Crippen LogP contribution in [-0.4, -0.2) is 24.4 Å². The molecule has 0 N–H and O–H groups in total. The summed E-state index contributed by atoms with van der Waals surface area (Å²) >= 11 is 0. The average molecular weight is 251 g/mol. The lowest BCUT2D eigenvalue weighted by Gasteiger charge is -2.26. The van der Waals surface area contributed by atoms with E-state index in [1.807, 2.05) is 13.1 Å². The number of aryl methyl sites for hydroxylation is 1. The third kappa shape index (κ3) is 5.30. The van der Waals surface area contributed by atoms with E-state index in [1.165, 1.54) is 12.1 Å². The Morgan fingerprint density at radius 2 is 2.00 bits per heavy atom. The SMILES string of the molecule is CN(CC(C)(C)C)C(=O)CCc1cccc(F)c1. The Morgan fingerprint density at radius 1 is 1.33 bits per heavy atom. The molecule has 1 aromatic carbocycles. The van der Waals surface area contributed by atoms with Crippen molar-refractivity contribution in [3.8, 4) is 0 Å². The molecule has 0 spiro atoms.